The number of nitrogens with one attached hydrogen (secondary N) is 1. The van der Waals surface area contributed by atoms with Crippen molar-refractivity contribution in [3.05, 3.63) is 66.7 Å². The Bertz CT molecular complexity index is 830. The lowest BCUT2D eigenvalue weighted by Gasteiger charge is -2.15. The first-order chi connectivity index (χ1) is 12.7. The predicted molar refractivity (Wildman–Crippen MR) is 96.4 cm³/mol. The van der Waals surface area contributed by atoms with Gasteiger partial charge in [0, 0.05) is 0 Å². The Morgan fingerprint density at radius 1 is 1.12 bits per heavy atom. The molecule has 1 aromatic heterocycles. The molecule has 7 nitrogen and oxygen atoms in total. The van der Waals surface area contributed by atoms with Crippen molar-refractivity contribution >= 4 is 5.91 Å². The van der Waals surface area contributed by atoms with Crippen LogP contribution in [0.5, 0.6) is 11.5 Å². The SMILES string of the molecule is COc1ccc(OCC(=O)NC(C)c2ccc(-n3cncn3)cc2)cc1. The zero-order valence-corrected chi connectivity index (χ0v) is 14.6. The predicted octanol–water partition coefficient (Wildman–Crippen LogP) is 2.53. The monoisotopic (exact) mass is 352 g/mol. The molecule has 3 aromatic rings. The van der Waals surface area contributed by atoms with Crippen molar-refractivity contribution in [2.75, 3.05) is 13.7 Å². The van der Waals surface area contributed by atoms with Crippen molar-refractivity contribution in [2.24, 2.45) is 0 Å². The van der Waals surface area contributed by atoms with Gasteiger partial charge in [0.05, 0.1) is 18.8 Å². The molecule has 0 radical (unpaired) electrons. The fraction of sp³-hybridized carbons (Fsp3) is 0.211. The van der Waals surface area contributed by atoms with Gasteiger partial charge in [-0.3, -0.25) is 4.79 Å². The molecule has 1 atom stereocenters. The summed E-state index contributed by atoms with van der Waals surface area (Å²) >= 11 is 0. The quantitative estimate of drug-likeness (QED) is 0.707. The van der Waals surface area contributed by atoms with E-state index in [4.69, 9.17) is 9.47 Å². The van der Waals surface area contributed by atoms with E-state index >= 15 is 0 Å². The van der Waals surface area contributed by atoms with Crippen molar-refractivity contribution in [2.45, 2.75) is 13.0 Å². The molecule has 0 aliphatic carbocycles. The summed E-state index contributed by atoms with van der Waals surface area (Å²) in [5, 5.41) is 7.00. The number of carbonyl (C=O) groups is 1. The number of hydrogen-bond donors (Lipinski definition) is 1. The molecule has 0 aliphatic heterocycles. The van der Waals surface area contributed by atoms with Gasteiger partial charge < -0.3 is 14.8 Å². The van der Waals surface area contributed by atoms with E-state index in [0.717, 1.165) is 17.0 Å². The van der Waals surface area contributed by atoms with Crippen molar-refractivity contribution < 1.29 is 14.3 Å². The first-order valence-electron chi connectivity index (χ1n) is 8.17. The Kier molecular flexibility index (Phi) is 5.48. The highest BCUT2D eigenvalue weighted by Crippen LogP contribution is 2.17. The number of benzene rings is 2. The minimum atomic E-state index is -0.186. The molecule has 0 spiro atoms. The second kappa shape index (κ2) is 8.15. The Morgan fingerprint density at radius 3 is 2.42 bits per heavy atom. The Balaban J connectivity index is 1.51. The van der Waals surface area contributed by atoms with E-state index in [0.29, 0.717) is 5.75 Å². The first-order valence-corrected chi connectivity index (χ1v) is 8.17. The van der Waals surface area contributed by atoms with Crippen LogP contribution in [0.3, 0.4) is 0 Å². The molecule has 1 heterocycles. The topological polar surface area (TPSA) is 78.3 Å². The van der Waals surface area contributed by atoms with Gasteiger partial charge in [0.25, 0.3) is 5.91 Å². The van der Waals surface area contributed by atoms with Crippen LogP contribution >= 0.6 is 0 Å². The summed E-state index contributed by atoms with van der Waals surface area (Å²) in [6.07, 6.45) is 3.12. The summed E-state index contributed by atoms with van der Waals surface area (Å²) < 4.78 is 12.2. The maximum absolute atomic E-state index is 12.1. The van der Waals surface area contributed by atoms with Gasteiger partial charge in [-0.2, -0.15) is 5.10 Å². The number of aromatic nitrogens is 3. The van der Waals surface area contributed by atoms with Crippen molar-refractivity contribution in [3.63, 3.8) is 0 Å². The molecule has 7 heteroatoms. The summed E-state index contributed by atoms with van der Waals surface area (Å²) in [5.41, 5.74) is 1.90. The van der Waals surface area contributed by atoms with Crippen LogP contribution in [0.25, 0.3) is 5.69 Å². The van der Waals surface area contributed by atoms with Gasteiger partial charge in [0.15, 0.2) is 6.61 Å². The zero-order chi connectivity index (χ0) is 18.4. The van der Waals surface area contributed by atoms with Crippen molar-refractivity contribution in [1.29, 1.82) is 0 Å². The van der Waals surface area contributed by atoms with Crippen LogP contribution in [0.4, 0.5) is 0 Å². The smallest absolute Gasteiger partial charge is 0.258 e. The summed E-state index contributed by atoms with van der Waals surface area (Å²) in [6.45, 7) is 1.88. The lowest BCUT2D eigenvalue weighted by molar-refractivity contribution is -0.123. The highest BCUT2D eigenvalue weighted by Gasteiger charge is 2.10. The van der Waals surface area contributed by atoms with Gasteiger partial charge in [0.1, 0.15) is 24.2 Å². The average molecular weight is 352 g/mol. The van der Waals surface area contributed by atoms with Crippen LogP contribution in [0, 0.1) is 0 Å². The van der Waals surface area contributed by atoms with Crippen molar-refractivity contribution in [3.8, 4) is 17.2 Å². The molecule has 0 saturated carbocycles. The molecule has 0 fully saturated rings. The Morgan fingerprint density at radius 2 is 1.81 bits per heavy atom. The van der Waals surface area contributed by atoms with Crippen molar-refractivity contribution in [1.82, 2.24) is 20.1 Å². The molecule has 134 valence electrons. The molecular weight excluding hydrogens is 332 g/mol. The van der Waals surface area contributed by atoms with Gasteiger partial charge in [0.2, 0.25) is 0 Å². The minimum absolute atomic E-state index is 0.0479. The van der Waals surface area contributed by atoms with E-state index in [1.165, 1.54) is 6.33 Å². The number of methoxy groups -OCH3 is 1. The lowest BCUT2D eigenvalue weighted by atomic mass is 10.1. The summed E-state index contributed by atoms with van der Waals surface area (Å²) in [6, 6.07) is 14.7. The Hall–Kier alpha value is -3.35. The van der Waals surface area contributed by atoms with Crippen LogP contribution in [0.15, 0.2) is 61.2 Å². The van der Waals surface area contributed by atoms with E-state index in [1.54, 1.807) is 42.4 Å². The molecule has 1 N–H and O–H groups in total. The fourth-order valence-electron chi connectivity index (χ4n) is 2.44. The average Bonchev–Trinajstić information content (AvgIpc) is 3.21. The summed E-state index contributed by atoms with van der Waals surface area (Å²) in [4.78, 5) is 16.0. The molecule has 26 heavy (non-hydrogen) atoms. The summed E-state index contributed by atoms with van der Waals surface area (Å²) in [7, 11) is 1.60. The second-order valence-electron chi connectivity index (χ2n) is 5.68. The minimum Gasteiger partial charge on any atom is -0.497 e. The highest BCUT2D eigenvalue weighted by atomic mass is 16.5. The maximum Gasteiger partial charge on any atom is 0.258 e. The van der Waals surface area contributed by atoms with E-state index < -0.39 is 0 Å². The normalized spacial score (nSPS) is 11.6. The van der Waals surface area contributed by atoms with Crippen LogP contribution in [-0.2, 0) is 4.79 Å². The molecular formula is C19H20N4O3. The number of ether oxygens (including phenoxy) is 2. The summed E-state index contributed by atoms with van der Waals surface area (Å²) in [5.74, 6) is 1.17. The first kappa shape index (κ1) is 17.5. The third kappa shape index (κ3) is 4.38. The second-order valence-corrected chi connectivity index (χ2v) is 5.68. The standard InChI is InChI=1S/C19H20N4O3/c1-14(15-3-5-16(6-4-15)23-13-20-12-21-23)22-19(24)11-26-18-9-7-17(25-2)8-10-18/h3-10,12-14H,11H2,1-2H3,(H,22,24). The highest BCUT2D eigenvalue weighted by molar-refractivity contribution is 5.78. The van der Waals surface area contributed by atoms with Gasteiger partial charge in [-0.25, -0.2) is 9.67 Å². The third-order valence-electron chi connectivity index (χ3n) is 3.88. The Labute approximate surface area is 151 Å². The largest absolute Gasteiger partial charge is 0.497 e. The number of hydrogen-bond acceptors (Lipinski definition) is 5. The van der Waals surface area contributed by atoms with E-state index in [9.17, 15) is 4.79 Å². The molecule has 0 aliphatic rings. The number of rotatable bonds is 7. The molecule has 1 amide bonds. The molecule has 1 unspecified atom stereocenters. The maximum atomic E-state index is 12.1. The molecule has 2 aromatic carbocycles. The van der Waals surface area contributed by atoms with Crippen LogP contribution < -0.4 is 14.8 Å². The van der Waals surface area contributed by atoms with E-state index in [-0.39, 0.29) is 18.6 Å². The molecule has 0 bridgehead atoms. The molecule has 3 rings (SSSR count). The van der Waals surface area contributed by atoms with Gasteiger partial charge >= 0.3 is 0 Å². The zero-order valence-electron chi connectivity index (χ0n) is 14.6. The van der Waals surface area contributed by atoms with Gasteiger partial charge in [-0.1, -0.05) is 12.1 Å². The third-order valence-corrected chi connectivity index (χ3v) is 3.88. The van der Waals surface area contributed by atoms with Crippen LogP contribution in [0.1, 0.15) is 18.5 Å². The van der Waals surface area contributed by atoms with E-state index in [1.807, 2.05) is 31.2 Å². The number of carbonyl (C=O) groups excluding carboxylic acids is 1. The van der Waals surface area contributed by atoms with Crippen LogP contribution in [0.2, 0.25) is 0 Å². The van der Waals surface area contributed by atoms with Crippen LogP contribution in [-0.4, -0.2) is 34.4 Å². The van der Waals surface area contributed by atoms with E-state index in [2.05, 4.69) is 15.4 Å². The lowest BCUT2D eigenvalue weighted by Crippen LogP contribution is -2.31. The van der Waals surface area contributed by atoms with Gasteiger partial charge in [-0.05, 0) is 48.9 Å². The fourth-order valence-corrected chi connectivity index (χ4v) is 2.44. The molecule has 0 saturated heterocycles. The number of amides is 1. The number of nitrogens with zero attached hydrogens (tertiary/aromatic N) is 3. The van der Waals surface area contributed by atoms with Gasteiger partial charge in [-0.15, -0.1) is 0 Å².